The standard InChI is InChI=1S/C18H20N2O3/c1-12(14-7-9-17(23-3)10-8-14)19-18(22)20-16-6-4-5-15(11-16)13(2)21/h4-12H,1-3H3,(H2,19,20,22). The molecule has 2 aromatic carbocycles. The van der Waals surface area contributed by atoms with Gasteiger partial charge in [0.05, 0.1) is 13.2 Å². The molecular formula is C18H20N2O3. The van der Waals surface area contributed by atoms with Gasteiger partial charge in [-0.1, -0.05) is 24.3 Å². The van der Waals surface area contributed by atoms with Crippen LogP contribution in [0.25, 0.3) is 0 Å². The molecule has 0 aromatic heterocycles. The first-order valence-corrected chi connectivity index (χ1v) is 7.32. The van der Waals surface area contributed by atoms with E-state index < -0.39 is 0 Å². The summed E-state index contributed by atoms with van der Waals surface area (Å²) < 4.78 is 5.11. The van der Waals surface area contributed by atoms with Crippen LogP contribution in [0.15, 0.2) is 48.5 Å². The minimum atomic E-state index is -0.325. The number of hydrogen-bond acceptors (Lipinski definition) is 3. The normalized spacial score (nSPS) is 11.4. The van der Waals surface area contributed by atoms with Gasteiger partial charge in [-0.2, -0.15) is 0 Å². The molecular weight excluding hydrogens is 292 g/mol. The van der Waals surface area contributed by atoms with Gasteiger partial charge in [0, 0.05) is 11.3 Å². The lowest BCUT2D eigenvalue weighted by Gasteiger charge is -2.15. The third kappa shape index (κ3) is 4.57. The number of nitrogens with one attached hydrogen (secondary N) is 2. The molecule has 2 aromatic rings. The summed E-state index contributed by atoms with van der Waals surface area (Å²) in [5, 5.41) is 5.59. The van der Waals surface area contributed by atoms with E-state index in [0.717, 1.165) is 11.3 Å². The van der Waals surface area contributed by atoms with E-state index in [4.69, 9.17) is 4.74 Å². The van der Waals surface area contributed by atoms with Gasteiger partial charge >= 0.3 is 6.03 Å². The predicted molar refractivity (Wildman–Crippen MR) is 90.0 cm³/mol. The number of ether oxygens (including phenoxy) is 1. The average Bonchev–Trinajstić information content (AvgIpc) is 2.55. The zero-order valence-electron chi connectivity index (χ0n) is 13.4. The molecule has 0 fully saturated rings. The average molecular weight is 312 g/mol. The lowest BCUT2D eigenvalue weighted by atomic mass is 10.1. The smallest absolute Gasteiger partial charge is 0.319 e. The van der Waals surface area contributed by atoms with Gasteiger partial charge < -0.3 is 15.4 Å². The van der Waals surface area contributed by atoms with Gasteiger partial charge in [0.2, 0.25) is 0 Å². The van der Waals surface area contributed by atoms with Crippen LogP contribution in [0.2, 0.25) is 0 Å². The quantitative estimate of drug-likeness (QED) is 0.826. The van der Waals surface area contributed by atoms with Crippen molar-refractivity contribution in [2.45, 2.75) is 19.9 Å². The first-order valence-electron chi connectivity index (χ1n) is 7.32. The van der Waals surface area contributed by atoms with Crippen molar-refractivity contribution in [3.63, 3.8) is 0 Å². The van der Waals surface area contributed by atoms with Crippen LogP contribution in [-0.2, 0) is 0 Å². The SMILES string of the molecule is COc1ccc(C(C)NC(=O)Nc2cccc(C(C)=O)c2)cc1. The number of carbonyl (C=O) groups is 2. The van der Waals surface area contributed by atoms with Crippen LogP contribution < -0.4 is 15.4 Å². The van der Waals surface area contributed by atoms with Crippen molar-refractivity contribution in [3.8, 4) is 5.75 Å². The van der Waals surface area contributed by atoms with Crippen molar-refractivity contribution >= 4 is 17.5 Å². The molecule has 0 radical (unpaired) electrons. The Morgan fingerprint density at radius 2 is 1.78 bits per heavy atom. The molecule has 0 aliphatic heterocycles. The molecule has 1 atom stereocenters. The van der Waals surface area contributed by atoms with Crippen molar-refractivity contribution in [1.82, 2.24) is 5.32 Å². The second-order valence-corrected chi connectivity index (χ2v) is 5.23. The van der Waals surface area contributed by atoms with Gasteiger partial charge in [0.15, 0.2) is 5.78 Å². The Kier molecular flexibility index (Phi) is 5.36. The largest absolute Gasteiger partial charge is 0.497 e. The first-order chi connectivity index (χ1) is 11.0. The minimum absolute atomic E-state index is 0.0411. The fourth-order valence-electron chi connectivity index (χ4n) is 2.16. The van der Waals surface area contributed by atoms with Crippen LogP contribution in [-0.4, -0.2) is 18.9 Å². The number of amides is 2. The van der Waals surface area contributed by atoms with Gasteiger partial charge in [-0.3, -0.25) is 4.79 Å². The number of rotatable bonds is 5. The lowest BCUT2D eigenvalue weighted by Crippen LogP contribution is -2.31. The number of methoxy groups -OCH3 is 1. The van der Waals surface area contributed by atoms with E-state index in [1.807, 2.05) is 31.2 Å². The molecule has 0 heterocycles. The second kappa shape index (κ2) is 7.45. The summed E-state index contributed by atoms with van der Waals surface area (Å²) in [6.07, 6.45) is 0. The van der Waals surface area contributed by atoms with E-state index in [1.165, 1.54) is 6.92 Å². The fourth-order valence-corrected chi connectivity index (χ4v) is 2.16. The Hall–Kier alpha value is -2.82. The van der Waals surface area contributed by atoms with Crippen molar-refractivity contribution in [2.24, 2.45) is 0 Å². The summed E-state index contributed by atoms with van der Waals surface area (Å²) >= 11 is 0. The molecule has 5 nitrogen and oxygen atoms in total. The number of carbonyl (C=O) groups excluding carboxylic acids is 2. The van der Waals surface area contributed by atoms with Gasteiger partial charge in [-0.25, -0.2) is 4.79 Å². The van der Waals surface area contributed by atoms with Crippen LogP contribution >= 0.6 is 0 Å². The summed E-state index contributed by atoms with van der Waals surface area (Å²) in [5.74, 6) is 0.729. The fraction of sp³-hybridized carbons (Fsp3) is 0.222. The zero-order chi connectivity index (χ0) is 16.8. The molecule has 2 rings (SSSR count). The summed E-state index contributed by atoms with van der Waals surface area (Å²) in [7, 11) is 1.61. The van der Waals surface area contributed by atoms with Crippen LogP contribution in [0.5, 0.6) is 5.75 Å². The molecule has 1 unspecified atom stereocenters. The number of Topliss-reactive ketones (excluding diaryl/α,β-unsaturated/α-hetero) is 1. The summed E-state index contributed by atoms with van der Waals surface area (Å²) in [6.45, 7) is 3.39. The Bertz CT molecular complexity index is 696. The first kappa shape index (κ1) is 16.5. The van der Waals surface area contributed by atoms with Crippen molar-refractivity contribution in [3.05, 3.63) is 59.7 Å². The van der Waals surface area contributed by atoms with Crippen LogP contribution in [0, 0.1) is 0 Å². The van der Waals surface area contributed by atoms with Crippen molar-refractivity contribution in [2.75, 3.05) is 12.4 Å². The van der Waals surface area contributed by atoms with Crippen molar-refractivity contribution < 1.29 is 14.3 Å². The maximum atomic E-state index is 12.1. The second-order valence-electron chi connectivity index (χ2n) is 5.23. The summed E-state index contributed by atoms with van der Waals surface area (Å²) in [5.41, 5.74) is 2.11. The lowest BCUT2D eigenvalue weighted by molar-refractivity contribution is 0.101. The monoisotopic (exact) mass is 312 g/mol. The minimum Gasteiger partial charge on any atom is -0.497 e. The highest BCUT2D eigenvalue weighted by atomic mass is 16.5. The van der Waals surface area contributed by atoms with Gasteiger partial charge in [-0.05, 0) is 43.7 Å². The van der Waals surface area contributed by atoms with Crippen LogP contribution in [0.4, 0.5) is 10.5 Å². The summed E-state index contributed by atoms with van der Waals surface area (Å²) in [4.78, 5) is 23.4. The van der Waals surface area contributed by atoms with E-state index in [-0.39, 0.29) is 17.9 Å². The van der Waals surface area contributed by atoms with Gasteiger partial charge in [0.1, 0.15) is 5.75 Å². The Morgan fingerprint density at radius 1 is 1.09 bits per heavy atom. The Labute approximate surface area is 135 Å². The van der Waals surface area contributed by atoms with E-state index >= 15 is 0 Å². The van der Waals surface area contributed by atoms with Crippen molar-refractivity contribution in [1.29, 1.82) is 0 Å². The third-order valence-electron chi connectivity index (χ3n) is 3.49. The Balaban J connectivity index is 1.98. The molecule has 0 saturated heterocycles. The van der Waals surface area contributed by atoms with Crippen LogP contribution in [0.3, 0.4) is 0 Å². The van der Waals surface area contributed by atoms with Gasteiger partial charge in [0.25, 0.3) is 0 Å². The maximum absolute atomic E-state index is 12.1. The molecule has 0 spiro atoms. The number of anilines is 1. The number of hydrogen-bond donors (Lipinski definition) is 2. The highest BCUT2D eigenvalue weighted by Gasteiger charge is 2.10. The van der Waals surface area contributed by atoms with Crippen LogP contribution in [0.1, 0.15) is 35.8 Å². The predicted octanol–water partition coefficient (Wildman–Crippen LogP) is 3.78. The van der Waals surface area contributed by atoms with E-state index in [1.54, 1.807) is 31.4 Å². The molecule has 0 aliphatic rings. The molecule has 120 valence electrons. The molecule has 2 N–H and O–H groups in total. The molecule has 23 heavy (non-hydrogen) atoms. The zero-order valence-corrected chi connectivity index (χ0v) is 13.4. The third-order valence-corrected chi connectivity index (χ3v) is 3.49. The topological polar surface area (TPSA) is 67.4 Å². The molecule has 2 amide bonds. The van der Waals surface area contributed by atoms with E-state index in [9.17, 15) is 9.59 Å². The highest BCUT2D eigenvalue weighted by Crippen LogP contribution is 2.17. The maximum Gasteiger partial charge on any atom is 0.319 e. The molecule has 0 saturated carbocycles. The van der Waals surface area contributed by atoms with E-state index in [0.29, 0.717) is 11.3 Å². The molecule has 0 bridgehead atoms. The molecule has 5 heteroatoms. The number of ketones is 1. The molecule has 0 aliphatic carbocycles. The number of urea groups is 1. The highest BCUT2D eigenvalue weighted by molar-refractivity contribution is 5.96. The summed E-state index contributed by atoms with van der Waals surface area (Å²) in [6, 6.07) is 13.9. The van der Waals surface area contributed by atoms with E-state index in [2.05, 4.69) is 10.6 Å². The van der Waals surface area contributed by atoms with Gasteiger partial charge in [-0.15, -0.1) is 0 Å². The number of benzene rings is 2. The Morgan fingerprint density at radius 3 is 2.39 bits per heavy atom.